The summed E-state index contributed by atoms with van der Waals surface area (Å²) in [4.78, 5) is 2.18. The number of benzene rings is 1. The number of hydrogen-bond donors (Lipinski definition) is 2. The lowest BCUT2D eigenvalue weighted by molar-refractivity contribution is 0.0444. The van der Waals surface area contributed by atoms with Crippen LogP contribution in [0.2, 0.25) is 0 Å². The maximum absolute atomic E-state index is 14.1. The summed E-state index contributed by atoms with van der Waals surface area (Å²) in [6.07, 6.45) is 2.44. The van der Waals surface area contributed by atoms with Crippen LogP contribution < -0.4 is 0 Å². The second-order valence-electron chi connectivity index (χ2n) is 5.89. The zero-order valence-corrected chi connectivity index (χ0v) is 12.4. The van der Waals surface area contributed by atoms with Crippen molar-refractivity contribution in [3.8, 4) is 11.8 Å². The summed E-state index contributed by atoms with van der Waals surface area (Å²) in [5, 5.41) is 18.7. The van der Waals surface area contributed by atoms with Crippen molar-refractivity contribution in [3.05, 3.63) is 35.1 Å². The Kier molecular flexibility index (Phi) is 5.35. The molecule has 1 unspecified atom stereocenters. The van der Waals surface area contributed by atoms with E-state index in [1.165, 1.54) is 6.07 Å². The molecule has 0 bridgehead atoms. The van der Waals surface area contributed by atoms with Gasteiger partial charge in [-0.1, -0.05) is 17.9 Å². The van der Waals surface area contributed by atoms with Gasteiger partial charge in [-0.2, -0.15) is 0 Å². The van der Waals surface area contributed by atoms with Gasteiger partial charge in [-0.25, -0.2) is 4.39 Å². The fraction of sp³-hybridized carbons (Fsp3) is 0.529. The van der Waals surface area contributed by atoms with Crippen LogP contribution in [0, 0.1) is 17.7 Å². The van der Waals surface area contributed by atoms with Gasteiger partial charge < -0.3 is 10.2 Å². The second-order valence-corrected chi connectivity index (χ2v) is 5.89. The molecular formula is C17H22FNO2. The maximum atomic E-state index is 14.1. The highest BCUT2D eigenvalue weighted by Gasteiger charge is 2.25. The van der Waals surface area contributed by atoms with E-state index >= 15 is 0 Å². The van der Waals surface area contributed by atoms with Crippen LogP contribution in [-0.4, -0.2) is 40.4 Å². The molecule has 1 fully saturated rings. The first kappa shape index (κ1) is 16.0. The van der Waals surface area contributed by atoms with Crippen LogP contribution in [0.5, 0.6) is 0 Å². The summed E-state index contributed by atoms with van der Waals surface area (Å²) in [5.41, 5.74) is 0.618. The van der Waals surface area contributed by atoms with Crippen LogP contribution in [0.1, 0.15) is 37.3 Å². The minimum absolute atomic E-state index is 0.225. The van der Waals surface area contributed by atoms with E-state index in [9.17, 15) is 9.50 Å². The van der Waals surface area contributed by atoms with Crippen LogP contribution in [0.15, 0.2) is 18.2 Å². The number of hydrogen-bond acceptors (Lipinski definition) is 3. The van der Waals surface area contributed by atoms with Crippen molar-refractivity contribution < 1.29 is 14.6 Å². The predicted octanol–water partition coefficient (Wildman–Crippen LogP) is 1.91. The summed E-state index contributed by atoms with van der Waals surface area (Å²) in [6.45, 7) is 3.85. The van der Waals surface area contributed by atoms with Gasteiger partial charge in [-0.05, 0) is 44.9 Å². The Morgan fingerprint density at radius 2 is 2.14 bits per heavy atom. The highest BCUT2D eigenvalue weighted by Crippen LogP contribution is 2.23. The molecule has 3 nitrogen and oxygen atoms in total. The van der Waals surface area contributed by atoms with Crippen molar-refractivity contribution in [2.75, 3.05) is 19.7 Å². The van der Waals surface area contributed by atoms with Crippen LogP contribution >= 0.6 is 0 Å². The number of halogens is 1. The third-order valence-electron chi connectivity index (χ3n) is 3.92. The van der Waals surface area contributed by atoms with Crippen molar-refractivity contribution in [2.45, 2.75) is 38.3 Å². The molecule has 1 saturated heterocycles. The molecule has 0 saturated carbocycles. The van der Waals surface area contributed by atoms with Gasteiger partial charge in [0.15, 0.2) is 0 Å². The lowest BCUT2D eigenvalue weighted by atomic mass is 9.98. The molecule has 2 N–H and O–H groups in total. The summed E-state index contributed by atoms with van der Waals surface area (Å²) < 4.78 is 14.1. The first-order valence-electron chi connectivity index (χ1n) is 7.33. The largest absolute Gasteiger partial charge is 0.390 e. The van der Waals surface area contributed by atoms with E-state index in [0.29, 0.717) is 24.1 Å². The summed E-state index contributed by atoms with van der Waals surface area (Å²) >= 11 is 0. The zero-order valence-electron chi connectivity index (χ0n) is 12.4. The van der Waals surface area contributed by atoms with Crippen LogP contribution in [-0.2, 0) is 6.54 Å². The first-order valence-corrected chi connectivity index (χ1v) is 7.33. The van der Waals surface area contributed by atoms with Gasteiger partial charge in [0, 0.05) is 24.2 Å². The molecule has 4 heteroatoms. The van der Waals surface area contributed by atoms with Crippen molar-refractivity contribution in [2.24, 2.45) is 0 Å². The predicted molar refractivity (Wildman–Crippen MR) is 80.1 cm³/mol. The quantitative estimate of drug-likeness (QED) is 0.818. The topological polar surface area (TPSA) is 43.7 Å². The van der Waals surface area contributed by atoms with Crippen molar-refractivity contribution in [1.29, 1.82) is 0 Å². The standard InChI is InChI=1S/C17H22FNO2/c1-17(21)7-3-9-19(10-8-17)13-15-6-5-14(4-2-11-20)12-16(15)18/h5-6,12,20-21H,3,7-11,13H2,1H3. The minimum Gasteiger partial charge on any atom is -0.390 e. The van der Waals surface area contributed by atoms with Crippen molar-refractivity contribution in [1.82, 2.24) is 4.90 Å². The van der Waals surface area contributed by atoms with Gasteiger partial charge in [-0.15, -0.1) is 0 Å². The maximum Gasteiger partial charge on any atom is 0.128 e. The number of aliphatic hydroxyl groups excluding tert-OH is 1. The van der Waals surface area contributed by atoms with Gasteiger partial charge in [0.1, 0.15) is 12.4 Å². The van der Waals surface area contributed by atoms with E-state index in [2.05, 4.69) is 16.7 Å². The molecule has 114 valence electrons. The smallest absolute Gasteiger partial charge is 0.128 e. The minimum atomic E-state index is -0.600. The van der Waals surface area contributed by atoms with E-state index < -0.39 is 5.60 Å². The van der Waals surface area contributed by atoms with Gasteiger partial charge in [-0.3, -0.25) is 4.90 Å². The molecule has 1 aliphatic heterocycles. The van der Waals surface area contributed by atoms with Crippen LogP contribution in [0.4, 0.5) is 4.39 Å². The summed E-state index contributed by atoms with van der Waals surface area (Å²) in [6, 6.07) is 4.93. The third-order valence-corrected chi connectivity index (χ3v) is 3.92. The average Bonchev–Trinajstić information content (AvgIpc) is 2.60. The Morgan fingerprint density at radius 1 is 1.33 bits per heavy atom. The molecule has 1 aliphatic rings. The number of aliphatic hydroxyl groups is 2. The van der Waals surface area contributed by atoms with Crippen LogP contribution in [0.3, 0.4) is 0 Å². The first-order chi connectivity index (χ1) is 10.00. The molecule has 2 rings (SSSR count). The lowest BCUT2D eigenvalue weighted by Gasteiger charge is -2.22. The van der Waals surface area contributed by atoms with Crippen LogP contribution in [0.25, 0.3) is 0 Å². The molecule has 0 aromatic heterocycles. The molecular weight excluding hydrogens is 269 g/mol. The Labute approximate surface area is 125 Å². The molecule has 1 heterocycles. The lowest BCUT2D eigenvalue weighted by Crippen LogP contribution is -2.28. The highest BCUT2D eigenvalue weighted by atomic mass is 19.1. The molecule has 21 heavy (non-hydrogen) atoms. The van der Waals surface area contributed by atoms with Crippen molar-refractivity contribution >= 4 is 0 Å². The summed E-state index contributed by atoms with van der Waals surface area (Å²) in [5.74, 6) is 4.94. The summed E-state index contributed by atoms with van der Waals surface area (Å²) in [7, 11) is 0. The van der Waals surface area contributed by atoms with E-state index in [1.54, 1.807) is 12.1 Å². The molecule has 1 atom stereocenters. The number of likely N-dealkylation sites (tertiary alicyclic amines) is 1. The molecule has 0 radical (unpaired) electrons. The molecule has 1 aromatic rings. The monoisotopic (exact) mass is 291 g/mol. The Hall–Kier alpha value is -1.41. The molecule has 1 aromatic carbocycles. The molecule has 0 amide bonds. The fourth-order valence-corrected chi connectivity index (χ4v) is 2.61. The average molecular weight is 291 g/mol. The number of rotatable bonds is 2. The third kappa shape index (κ3) is 4.82. The fourth-order valence-electron chi connectivity index (χ4n) is 2.61. The normalized spacial score (nSPS) is 23.2. The Balaban J connectivity index is 2.02. The molecule has 0 aliphatic carbocycles. The Morgan fingerprint density at radius 3 is 2.86 bits per heavy atom. The number of nitrogens with zero attached hydrogens (tertiary/aromatic N) is 1. The van der Waals surface area contributed by atoms with E-state index in [1.807, 2.05) is 6.92 Å². The highest BCUT2D eigenvalue weighted by molar-refractivity contribution is 5.37. The van der Waals surface area contributed by atoms with Crippen molar-refractivity contribution in [3.63, 3.8) is 0 Å². The van der Waals surface area contributed by atoms with Gasteiger partial charge in [0.05, 0.1) is 5.60 Å². The van der Waals surface area contributed by atoms with E-state index in [-0.39, 0.29) is 12.4 Å². The van der Waals surface area contributed by atoms with Gasteiger partial charge >= 0.3 is 0 Å². The van der Waals surface area contributed by atoms with E-state index in [4.69, 9.17) is 5.11 Å². The van der Waals surface area contributed by atoms with Gasteiger partial charge in [0.2, 0.25) is 0 Å². The molecule has 0 spiro atoms. The van der Waals surface area contributed by atoms with E-state index in [0.717, 1.165) is 25.9 Å². The Bertz CT molecular complexity index is 545. The second kappa shape index (κ2) is 7.04. The van der Waals surface area contributed by atoms with Gasteiger partial charge in [0.25, 0.3) is 0 Å². The zero-order chi connectivity index (χ0) is 15.3. The SMILES string of the molecule is CC1(O)CCCN(Cc2ccc(C#CCO)cc2F)CC1.